The second kappa shape index (κ2) is 7.74. The molecule has 2 aromatic rings. The van der Waals surface area contributed by atoms with Gasteiger partial charge in [0.1, 0.15) is 5.82 Å². The summed E-state index contributed by atoms with van der Waals surface area (Å²) in [5.41, 5.74) is 1.15. The molecule has 0 bridgehead atoms. The van der Waals surface area contributed by atoms with Crippen LogP contribution in [0.3, 0.4) is 0 Å². The molecule has 0 aromatic heterocycles. The zero-order chi connectivity index (χ0) is 17.9. The number of fused-ring (bicyclic) bond motifs is 1. The van der Waals surface area contributed by atoms with Crippen LogP contribution < -0.4 is 8.61 Å². The molecule has 3 rings (SSSR count). The molecule has 0 N–H and O–H groups in total. The predicted octanol–water partition coefficient (Wildman–Crippen LogP) is 4.98. The van der Waals surface area contributed by atoms with Gasteiger partial charge >= 0.3 is 10.2 Å². The molecule has 25 heavy (non-hydrogen) atoms. The fourth-order valence-electron chi connectivity index (χ4n) is 3.00. The Morgan fingerprint density at radius 3 is 2.12 bits per heavy atom. The van der Waals surface area contributed by atoms with Crippen molar-refractivity contribution in [2.45, 2.75) is 25.7 Å². The van der Waals surface area contributed by atoms with Crippen molar-refractivity contribution in [2.24, 2.45) is 0 Å². The molecule has 1 aliphatic heterocycles. The number of para-hydroxylation sites is 3. The van der Waals surface area contributed by atoms with Gasteiger partial charge in [0.2, 0.25) is 0 Å². The zero-order valence-electron chi connectivity index (χ0n) is 13.7. The number of alkyl halides is 1. The molecule has 0 saturated carbocycles. The first kappa shape index (κ1) is 18.2. The highest BCUT2D eigenvalue weighted by molar-refractivity contribution is 9.09. The van der Waals surface area contributed by atoms with Crippen LogP contribution >= 0.6 is 15.9 Å². The van der Waals surface area contributed by atoms with E-state index in [9.17, 15) is 12.8 Å². The van der Waals surface area contributed by atoms with Gasteiger partial charge in [0.25, 0.3) is 0 Å². The van der Waals surface area contributed by atoms with Crippen LogP contribution in [0.4, 0.5) is 21.5 Å². The Labute approximate surface area is 156 Å². The Morgan fingerprint density at radius 2 is 1.44 bits per heavy atom. The van der Waals surface area contributed by atoms with Crippen LogP contribution in [0, 0.1) is 5.82 Å². The number of hydrogen-bond acceptors (Lipinski definition) is 2. The van der Waals surface area contributed by atoms with E-state index in [0.717, 1.165) is 35.3 Å². The minimum absolute atomic E-state index is 0.0525. The van der Waals surface area contributed by atoms with Crippen molar-refractivity contribution in [3.05, 3.63) is 54.3 Å². The lowest BCUT2D eigenvalue weighted by atomic mass is 10.2. The van der Waals surface area contributed by atoms with Crippen LogP contribution in [-0.2, 0) is 10.2 Å². The molecule has 0 saturated heterocycles. The first-order chi connectivity index (χ1) is 12.1. The normalized spacial score (nSPS) is 15.4. The lowest BCUT2D eigenvalue weighted by Crippen LogP contribution is -2.36. The number of unbranched alkanes of at least 4 members (excludes halogenated alkanes) is 3. The summed E-state index contributed by atoms with van der Waals surface area (Å²) < 4.78 is 43.0. The van der Waals surface area contributed by atoms with Gasteiger partial charge in [-0.05, 0) is 37.1 Å². The van der Waals surface area contributed by atoms with Crippen molar-refractivity contribution in [3.8, 4) is 0 Å². The summed E-state index contributed by atoms with van der Waals surface area (Å²) in [6.45, 7) is 0.395. The topological polar surface area (TPSA) is 40.6 Å². The lowest BCUT2D eigenvalue weighted by Gasteiger charge is -2.22. The van der Waals surface area contributed by atoms with Crippen molar-refractivity contribution in [3.63, 3.8) is 0 Å². The van der Waals surface area contributed by atoms with E-state index in [-0.39, 0.29) is 5.69 Å². The number of halogens is 2. The molecule has 7 heteroatoms. The van der Waals surface area contributed by atoms with E-state index in [0.29, 0.717) is 17.9 Å². The van der Waals surface area contributed by atoms with Crippen LogP contribution in [0.5, 0.6) is 0 Å². The van der Waals surface area contributed by atoms with Crippen LogP contribution in [0.2, 0.25) is 0 Å². The minimum Gasteiger partial charge on any atom is -0.251 e. The number of benzene rings is 2. The molecule has 1 aliphatic rings. The van der Waals surface area contributed by atoms with Crippen molar-refractivity contribution in [2.75, 3.05) is 20.5 Å². The molecule has 134 valence electrons. The highest BCUT2D eigenvalue weighted by atomic mass is 79.9. The Balaban J connectivity index is 1.93. The molecule has 2 aromatic carbocycles. The Morgan fingerprint density at radius 1 is 0.840 bits per heavy atom. The molecule has 0 radical (unpaired) electrons. The van der Waals surface area contributed by atoms with E-state index in [4.69, 9.17) is 0 Å². The summed E-state index contributed by atoms with van der Waals surface area (Å²) in [7, 11) is -3.84. The van der Waals surface area contributed by atoms with Gasteiger partial charge in [-0.25, -0.2) is 8.70 Å². The fraction of sp³-hybridized carbons (Fsp3) is 0.333. The first-order valence-electron chi connectivity index (χ1n) is 8.30. The van der Waals surface area contributed by atoms with Crippen molar-refractivity contribution in [1.82, 2.24) is 0 Å². The SMILES string of the molecule is O=S1(=O)N(CCCCCCBr)c2ccccc2N1c1ccccc1F. The maximum atomic E-state index is 14.3. The highest BCUT2D eigenvalue weighted by Gasteiger charge is 2.41. The van der Waals surface area contributed by atoms with Gasteiger partial charge in [-0.1, -0.05) is 53.0 Å². The highest BCUT2D eigenvalue weighted by Crippen LogP contribution is 2.45. The van der Waals surface area contributed by atoms with Crippen LogP contribution in [0.1, 0.15) is 25.7 Å². The van der Waals surface area contributed by atoms with E-state index >= 15 is 0 Å². The van der Waals surface area contributed by atoms with E-state index in [1.54, 1.807) is 36.4 Å². The average Bonchev–Trinajstić information content (AvgIpc) is 2.82. The summed E-state index contributed by atoms with van der Waals surface area (Å²) in [6.07, 6.45) is 3.85. The molecule has 0 amide bonds. The molecule has 0 spiro atoms. The number of anilines is 3. The van der Waals surface area contributed by atoms with Crippen molar-refractivity contribution in [1.29, 1.82) is 0 Å². The molecule has 0 unspecified atom stereocenters. The smallest absolute Gasteiger partial charge is 0.251 e. The van der Waals surface area contributed by atoms with Crippen molar-refractivity contribution < 1.29 is 12.8 Å². The zero-order valence-corrected chi connectivity index (χ0v) is 16.1. The van der Waals surface area contributed by atoms with Crippen LogP contribution in [0.25, 0.3) is 0 Å². The van der Waals surface area contributed by atoms with Gasteiger partial charge in [-0.3, -0.25) is 4.31 Å². The van der Waals surface area contributed by atoms with Gasteiger partial charge in [-0.15, -0.1) is 0 Å². The Bertz CT molecular complexity index is 844. The van der Waals surface area contributed by atoms with Gasteiger partial charge in [0.15, 0.2) is 0 Å². The largest absolute Gasteiger partial charge is 0.331 e. The Hall–Kier alpha value is -1.60. The standard InChI is InChI=1S/C18H20BrFN2O2S/c19-13-7-1-2-8-14-21-17-11-5-6-12-18(17)22(25(21,23)24)16-10-4-3-9-15(16)20/h3-6,9-12H,1-2,7-8,13-14H2. The third-order valence-electron chi connectivity index (χ3n) is 4.19. The summed E-state index contributed by atoms with van der Waals surface area (Å²) in [5, 5.41) is 0.957. The molecule has 0 atom stereocenters. The van der Waals surface area contributed by atoms with Gasteiger partial charge < -0.3 is 0 Å². The Kier molecular flexibility index (Phi) is 5.64. The van der Waals surface area contributed by atoms with E-state index in [2.05, 4.69) is 15.9 Å². The molecule has 0 aliphatic carbocycles. The van der Waals surface area contributed by atoms with E-state index in [1.165, 1.54) is 16.4 Å². The van der Waals surface area contributed by atoms with Gasteiger partial charge in [0, 0.05) is 11.9 Å². The molecule has 4 nitrogen and oxygen atoms in total. The van der Waals surface area contributed by atoms with E-state index < -0.39 is 16.0 Å². The lowest BCUT2D eigenvalue weighted by molar-refractivity contribution is 0.586. The average molecular weight is 427 g/mol. The second-order valence-electron chi connectivity index (χ2n) is 5.89. The molecular formula is C18H20BrFN2O2S. The first-order valence-corrected chi connectivity index (χ1v) is 10.8. The van der Waals surface area contributed by atoms with Gasteiger partial charge in [-0.2, -0.15) is 8.42 Å². The summed E-state index contributed by atoms with van der Waals surface area (Å²) in [4.78, 5) is 0. The quantitative estimate of drug-likeness (QED) is 0.462. The molecule has 1 heterocycles. The maximum absolute atomic E-state index is 14.3. The molecule has 0 fully saturated rings. The third kappa shape index (κ3) is 3.53. The fourth-order valence-corrected chi connectivity index (χ4v) is 5.16. The number of nitrogens with zero attached hydrogens (tertiary/aromatic N) is 2. The predicted molar refractivity (Wildman–Crippen MR) is 104 cm³/mol. The van der Waals surface area contributed by atoms with E-state index in [1.807, 2.05) is 0 Å². The summed E-state index contributed by atoms with van der Waals surface area (Å²) in [6, 6.07) is 13.0. The summed E-state index contributed by atoms with van der Waals surface area (Å²) >= 11 is 3.40. The van der Waals surface area contributed by atoms with Gasteiger partial charge in [0.05, 0.1) is 17.1 Å². The monoisotopic (exact) mass is 426 g/mol. The second-order valence-corrected chi connectivity index (χ2v) is 8.38. The van der Waals surface area contributed by atoms with Crippen LogP contribution in [-0.4, -0.2) is 20.3 Å². The minimum atomic E-state index is -3.84. The van der Waals surface area contributed by atoms with Crippen molar-refractivity contribution >= 4 is 43.2 Å². The maximum Gasteiger partial charge on any atom is 0.331 e. The summed E-state index contributed by atoms with van der Waals surface area (Å²) in [5.74, 6) is -0.556. The third-order valence-corrected chi connectivity index (χ3v) is 6.55. The number of hydrogen-bond donors (Lipinski definition) is 0. The van der Waals surface area contributed by atoms with Crippen LogP contribution in [0.15, 0.2) is 48.5 Å². The number of rotatable bonds is 7. The molecular weight excluding hydrogens is 407 g/mol.